The van der Waals surface area contributed by atoms with E-state index in [0.717, 1.165) is 62.2 Å². The molecule has 3 rings (SSSR count). The predicted molar refractivity (Wildman–Crippen MR) is 143 cm³/mol. The molecule has 0 radical (unpaired) electrons. The molecule has 0 aromatic heterocycles. The lowest BCUT2D eigenvalue weighted by Crippen LogP contribution is -2.52. The summed E-state index contributed by atoms with van der Waals surface area (Å²) < 4.78 is 0. The summed E-state index contributed by atoms with van der Waals surface area (Å²) in [6, 6.07) is 15.8. The number of hydrogen-bond donors (Lipinski definition) is 2. The van der Waals surface area contributed by atoms with Gasteiger partial charge in [-0.05, 0) is 48.7 Å². The first-order valence-electron chi connectivity index (χ1n) is 10.9. The minimum atomic E-state index is -0.0600. The zero-order valence-electron chi connectivity index (χ0n) is 18.8. The van der Waals surface area contributed by atoms with Gasteiger partial charge in [0.05, 0.1) is 0 Å². The number of hydrogen-bond acceptors (Lipinski definition) is 3. The van der Waals surface area contributed by atoms with Crippen LogP contribution in [0.3, 0.4) is 0 Å². The minimum Gasteiger partial charge on any atom is -0.357 e. The van der Waals surface area contributed by atoms with Crippen LogP contribution in [0.4, 0.5) is 0 Å². The van der Waals surface area contributed by atoms with Gasteiger partial charge in [-0.2, -0.15) is 0 Å². The lowest BCUT2D eigenvalue weighted by atomic mass is 10.1. The van der Waals surface area contributed by atoms with Gasteiger partial charge in [0.2, 0.25) is 0 Å². The van der Waals surface area contributed by atoms with Gasteiger partial charge in [0.1, 0.15) is 0 Å². The first-order chi connectivity index (χ1) is 15.1. The Morgan fingerprint density at radius 2 is 1.78 bits per heavy atom. The summed E-state index contributed by atoms with van der Waals surface area (Å²) in [6.45, 7) is 8.47. The lowest BCUT2D eigenvalue weighted by molar-refractivity contribution is 0.0963. The summed E-state index contributed by atoms with van der Waals surface area (Å²) in [5.74, 6) is 0.909. The normalized spacial score (nSPS) is 14.6. The third kappa shape index (κ3) is 7.94. The van der Waals surface area contributed by atoms with E-state index in [9.17, 15) is 4.79 Å². The van der Waals surface area contributed by atoms with Crippen molar-refractivity contribution in [2.45, 2.75) is 19.9 Å². The average Bonchev–Trinajstić information content (AvgIpc) is 2.80. The smallest absolute Gasteiger partial charge is 0.251 e. The molecule has 6 nitrogen and oxygen atoms in total. The molecule has 0 atom stereocenters. The molecule has 0 spiro atoms. The van der Waals surface area contributed by atoms with Gasteiger partial charge in [0.15, 0.2) is 5.96 Å². The maximum atomic E-state index is 11.8. The molecule has 1 aliphatic heterocycles. The highest BCUT2D eigenvalue weighted by Gasteiger charge is 2.19. The van der Waals surface area contributed by atoms with Crippen LogP contribution in [-0.2, 0) is 13.0 Å². The SMILES string of the molecule is CCNC(=NCCc1cccc(C(=O)NC)c1)N1CCN(Cc2ccc(Cl)cc2)CC1.I. The fraction of sp³-hybridized carbons (Fsp3) is 0.417. The van der Waals surface area contributed by atoms with Crippen molar-refractivity contribution in [3.8, 4) is 0 Å². The monoisotopic (exact) mass is 569 g/mol. The zero-order chi connectivity index (χ0) is 22.1. The van der Waals surface area contributed by atoms with Gasteiger partial charge >= 0.3 is 0 Å². The van der Waals surface area contributed by atoms with Gasteiger partial charge < -0.3 is 15.5 Å². The van der Waals surface area contributed by atoms with E-state index in [-0.39, 0.29) is 29.9 Å². The second kappa shape index (κ2) is 13.6. The molecule has 0 aliphatic carbocycles. The molecule has 2 aromatic rings. The molecular weight excluding hydrogens is 537 g/mol. The summed E-state index contributed by atoms with van der Waals surface area (Å²) in [4.78, 5) is 21.5. The third-order valence-corrected chi connectivity index (χ3v) is 5.66. The Balaban J connectivity index is 0.00000363. The van der Waals surface area contributed by atoms with Crippen molar-refractivity contribution in [2.24, 2.45) is 4.99 Å². The zero-order valence-corrected chi connectivity index (χ0v) is 21.9. The summed E-state index contributed by atoms with van der Waals surface area (Å²) in [5.41, 5.74) is 3.10. The highest BCUT2D eigenvalue weighted by Crippen LogP contribution is 2.13. The van der Waals surface area contributed by atoms with Gasteiger partial charge in [-0.1, -0.05) is 35.9 Å². The Morgan fingerprint density at radius 1 is 1.06 bits per heavy atom. The van der Waals surface area contributed by atoms with Gasteiger partial charge in [-0.3, -0.25) is 14.7 Å². The number of benzene rings is 2. The predicted octanol–water partition coefficient (Wildman–Crippen LogP) is 3.64. The fourth-order valence-corrected chi connectivity index (χ4v) is 3.82. The fourth-order valence-electron chi connectivity index (χ4n) is 3.69. The number of carbonyl (C=O) groups excluding carboxylic acids is 1. The van der Waals surface area contributed by atoms with Crippen molar-refractivity contribution >= 4 is 47.4 Å². The van der Waals surface area contributed by atoms with Crippen LogP contribution in [0.1, 0.15) is 28.4 Å². The van der Waals surface area contributed by atoms with Crippen molar-refractivity contribution in [1.29, 1.82) is 0 Å². The standard InChI is InChI=1S/C24H32ClN5O.HI/c1-3-27-24(28-12-11-19-5-4-6-21(17-19)23(31)26-2)30-15-13-29(14-16-30)18-20-7-9-22(25)10-8-20;/h4-10,17H,3,11-16,18H2,1-2H3,(H,26,31)(H,27,28);1H. The van der Waals surface area contributed by atoms with E-state index in [4.69, 9.17) is 16.6 Å². The van der Waals surface area contributed by atoms with Crippen LogP contribution in [0.5, 0.6) is 0 Å². The van der Waals surface area contributed by atoms with Gasteiger partial charge in [0.25, 0.3) is 5.91 Å². The van der Waals surface area contributed by atoms with Crippen molar-refractivity contribution in [1.82, 2.24) is 20.4 Å². The van der Waals surface area contributed by atoms with Crippen LogP contribution >= 0.6 is 35.6 Å². The highest BCUT2D eigenvalue weighted by molar-refractivity contribution is 14.0. The number of amides is 1. The Morgan fingerprint density at radius 3 is 2.44 bits per heavy atom. The molecule has 1 aliphatic rings. The van der Waals surface area contributed by atoms with Crippen LogP contribution in [0, 0.1) is 0 Å². The topological polar surface area (TPSA) is 60.0 Å². The molecule has 0 saturated carbocycles. The van der Waals surface area contributed by atoms with E-state index in [2.05, 4.69) is 39.5 Å². The maximum absolute atomic E-state index is 11.8. The quantitative estimate of drug-likeness (QED) is 0.304. The van der Waals surface area contributed by atoms with Gasteiger partial charge in [0, 0.05) is 63.4 Å². The number of nitrogens with zero attached hydrogens (tertiary/aromatic N) is 3. The van der Waals surface area contributed by atoms with E-state index < -0.39 is 0 Å². The number of piperazine rings is 1. The number of carbonyl (C=O) groups is 1. The maximum Gasteiger partial charge on any atom is 0.251 e. The van der Waals surface area contributed by atoms with Crippen molar-refractivity contribution in [3.63, 3.8) is 0 Å². The molecule has 2 N–H and O–H groups in total. The minimum absolute atomic E-state index is 0. The van der Waals surface area contributed by atoms with E-state index >= 15 is 0 Å². The Labute approximate surface area is 213 Å². The molecule has 8 heteroatoms. The number of halogens is 2. The van der Waals surface area contributed by atoms with Crippen LogP contribution in [0.25, 0.3) is 0 Å². The summed E-state index contributed by atoms with van der Waals surface area (Å²) >= 11 is 5.99. The lowest BCUT2D eigenvalue weighted by Gasteiger charge is -2.36. The summed E-state index contributed by atoms with van der Waals surface area (Å²) in [7, 11) is 1.65. The molecular formula is C24H33ClIN5O. The van der Waals surface area contributed by atoms with E-state index in [1.165, 1.54) is 5.56 Å². The second-order valence-corrected chi connectivity index (χ2v) is 8.09. The highest BCUT2D eigenvalue weighted by atomic mass is 127. The summed E-state index contributed by atoms with van der Waals surface area (Å²) in [5, 5.41) is 6.88. The van der Waals surface area contributed by atoms with Crippen molar-refractivity contribution in [3.05, 3.63) is 70.2 Å². The second-order valence-electron chi connectivity index (χ2n) is 7.65. The van der Waals surface area contributed by atoms with E-state index in [1.807, 2.05) is 36.4 Å². The first kappa shape index (κ1) is 26.4. The average molecular weight is 570 g/mol. The number of rotatable bonds is 7. The van der Waals surface area contributed by atoms with Crippen molar-refractivity contribution < 1.29 is 4.79 Å². The third-order valence-electron chi connectivity index (χ3n) is 5.40. The molecule has 174 valence electrons. The Hall–Kier alpha value is -1.84. The number of aliphatic imine (C=N–C) groups is 1. The molecule has 1 saturated heterocycles. The molecule has 32 heavy (non-hydrogen) atoms. The molecule has 0 unspecified atom stereocenters. The van der Waals surface area contributed by atoms with Gasteiger partial charge in [-0.25, -0.2) is 0 Å². The van der Waals surface area contributed by atoms with E-state index in [0.29, 0.717) is 12.1 Å². The number of nitrogens with one attached hydrogen (secondary N) is 2. The first-order valence-corrected chi connectivity index (χ1v) is 11.3. The number of guanidine groups is 1. The molecule has 2 aromatic carbocycles. The largest absolute Gasteiger partial charge is 0.357 e. The van der Waals surface area contributed by atoms with Gasteiger partial charge in [-0.15, -0.1) is 24.0 Å². The van der Waals surface area contributed by atoms with Crippen LogP contribution in [-0.4, -0.2) is 68.0 Å². The Kier molecular flexibility index (Phi) is 11.3. The van der Waals surface area contributed by atoms with Crippen LogP contribution in [0.15, 0.2) is 53.5 Å². The molecule has 1 amide bonds. The van der Waals surface area contributed by atoms with Crippen molar-refractivity contribution in [2.75, 3.05) is 46.3 Å². The molecule has 1 heterocycles. The van der Waals surface area contributed by atoms with E-state index in [1.54, 1.807) is 7.05 Å². The van der Waals surface area contributed by atoms with Crippen LogP contribution < -0.4 is 10.6 Å². The van der Waals surface area contributed by atoms with Crippen LogP contribution in [0.2, 0.25) is 5.02 Å². The Bertz CT molecular complexity index is 882. The summed E-state index contributed by atoms with van der Waals surface area (Å²) in [6.07, 6.45) is 0.802. The molecule has 0 bridgehead atoms. The molecule has 1 fully saturated rings.